The second kappa shape index (κ2) is 3.69. The highest BCUT2D eigenvalue weighted by Gasteiger charge is 2.25. The summed E-state index contributed by atoms with van der Waals surface area (Å²) in [7, 11) is 0. The lowest BCUT2D eigenvalue weighted by Gasteiger charge is -2.37. The Morgan fingerprint density at radius 1 is 1.82 bits per heavy atom. The molecule has 0 bridgehead atoms. The van der Waals surface area contributed by atoms with E-state index >= 15 is 0 Å². The van der Waals surface area contributed by atoms with Gasteiger partial charge in [0.25, 0.3) is 0 Å². The molecule has 0 saturated carbocycles. The van der Waals surface area contributed by atoms with Crippen molar-refractivity contribution in [3.8, 4) is 0 Å². The lowest BCUT2D eigenvalue weighted by molar-refractivity contribution is -0.134. The largest absolute Gasteiger partial charge is 0.395 e. The zero-order chi connectivity index (χ0) is 8.27. The van der Waals surface area contributed by atoms with Crippen molar-refractivity contribution in [1.82, 2.24) is 10.2 Å². The number of carbonyl (C=O) groups is 1. The highest BCUT2D eigenvalue weighted by molar-refractivity contribution is 5.73. The van der Waals surface area contributed by atoms with E-state index in [9.17, 15) is 4.79 Å². The summed E-state index contributed by atoms with van der Waals surface area (Å²) >= 11 is 0. The van der Waals surface area contributed by atoms with Crippen LogP contribution in [-0.4, -0.2) is 41.8 Å². The molecule has 1 saturated heterocycles. The molecule has 1 unspecified atom stereocenters. The van der Waals surface area contributed by atoms with E-state index in [1.165, 1.54) is 6.92 Å². The molecule has 1 fully saturated rings. The van der Waals surface area contributed by atoms with Gasteiger partial charge < -0.3 is 10.0 Å². The van der Waals surface area contributed by atoms with Gasteiger partial charge in [-0.2, -0.15) is 0 Å². The maximum Gasteiger partial charge on any atom is 0.220 e. The molecule has 1 aliphatic heterocycles. The quantitative estimate of drug-likeness (QED) is 0.562. The van der Waals surface area contributed by atoms with Crippen LogP contribution in [0.3, 0.4) is 0 Å². The van der Waals surface area contributed by atoms with Crippen molar-refractivity contribution in [2.45, 2.75) is 19.5 Å². The molecule has 4 nitrogen and oxygen atoms in total. The minimum Gasteiger partial charge on any atom is -0.395 e. The van der Waals surface area contributed by atoms with Crippen molar-refractivity contribution in [3.05, 3.63) is 0 Å². The molecular formula is C7H14N2O2. The zero-order valence-electron chi connectivity index (χ0n) is 6.71. The number of nitrogens with zero attached hydrogens (tertiary/aromatic N) is 1. The first-order valence-electron chi connectivity index (χ1n) is 3.87. The normalized spacial score (nSPS) is 22.5. The van der Waals surface area contributed by atoms with Gasteiger partial charge in [0.1, 0.15) is 0 Å². The van der Waals surface area contributed by atoms with Crippen LogP contribution in [0.15, 0.2) is 0 Å². The summed E-state index contributed by atoms with van der Waals surface area (Å²) in [5, 5.41) is 11.7. The van der Waals surface area contributed by atoms with Crippen molar-refractivity contribution in [1.29, 1.82) is 0 Å². The fourth-order valence-corrected chi connectivity index (χ4v) is 1.18. The van der Waals surface area contributed by atoms with E-state index in [1.54, 1.807) is 4.90 Å². The van der Waals surface area contributed by atoms with Gasteiger partial charge in [-0.25, -0.2) is 0 Å². The zero-order valence-corrected chi connectivity index (χ0v) is 6.71. The summed E-state index contributed by atoms with van der Waals surface area (Å²) in [6.45, 7) is 2.97. The topological polar surface area (TPSA) is 52.6 Å². The Bertz CT molecular complexity index is 145. The van der Waals surface area contributed by atoms with Gasteiger partial charge >= 0.3 is 0 Å². The molecule has 0 aromatic rings. The molecule has 1 heterocycles. The van der Waals surface area contributed by atoms with Gasteiger partial charge in [-0.1, -0.05) is 0 Å². The van der Waals surface area contributed by atoms with Gasteiger partial charge in [0.05, 0.1) is 12.8 Å². The second-order valence-electron chi connectivity index (χ2n) is 2.69. The Labute approximate surface area is 66.2 Å². The summed E-state index contributed by atoms with van der Waals surface area (Å²) in [4.78, 5) is 12.6. The van der Waals surface area contributed by atoms with Crippen molar-refractivity contribution in [2.24, 2.45) is 0 Å². The Morgan fingerprint density at radius 3 is 2.73 bits per heavy atom. The molecule has 0 radical (unpaired) electrons. The fourth-order valence-electron chi connectivity index (χ4n) is 1.18. The van der Waals surface area contributed by atoms with Gasteiger partial charge in [0, 0.05) is 20.0 Å². The van der Waals surface area contributed by atoms with Crippen LogP contribution in [0.4, 0.5) is 0 Å². The molecule has 1 atom stereocenters. The predicted molar refractivity (Wildman–Crippen MR) is 40.9 cm³/mol. The minimum atomic E-state index is 0.0243. The van der Waals surface area contributed by atoms with Crippen LogP contribution in [0.25, 0.3) is 0 Å². The van der Waals surface area contributed by atoms with Crippen molar-refractivity contribution in [2.75, 3.05) is 19.7 Å². The summed E-state index contributed by atoms with van der Waals surface area (Å²) in [6.07, 6.45) is 1.17. The Kier molecular flexibility index (Phi) is 2.84. The minimum absolute atomic E-state index is 0.0243. The summed E-state index contributed by atoms with van der Waals surface area (Å²) in [6, 6.07) is 0. The number of nitrogens with one attached hydrogen (secondary N) is 1. The second-order valence-corrected chi connectivity index (χ2v) is 2.69. The maximum absolute atomic E-state index is 10.9. The van der Waals surface area contributed by atoms with Gasteiger partial charge in [-0.3, -0.25) is 10.1 Å². The monoisotopic (exact) mass is 158 g/mol. The number of amides is 1. The van der Waals surface area contributed by atoms with Gasteiger partial charge in [-0.05, 0) is 6.42 Å². The van der Waals surface area contributed by atoms with Crippen LogP contribution in [0.1, 0.15) is 13.3 Å². The number of aliphatic hydroxyl groups is 1. The Hall–Kier alpha value is -0.610. The summed E-state index contributed by atoms with van der Waals surface area (Å²) < 4.78 is 0. The van der Waals surface area contributed by atoms with Crippen molar-refractivity contribution in [3.63, 3.8) is 0 Å². The summed E-state index contributed by atoms with van der Waals surface area (Å²) in [5.41, 5.74) is 0. The standard InChI is InChI=1S/C7H14N2O2/c1-6(11)9(4-5-10)7-2-3-8-7/h7-8,10H,2-5H2,1H3. The van der Waals surface area contributed by atoms with Crippen molar-refractivity contribution >= 4 is 5.91 Å². The predicted octanol–water partition coefficient (Wildman–Crippen LogP) is -0.853. The lowest BCUT2D eigenvalue weighted by Crippen LogP contribution is -2.57. The van der Waals surface area contributed by atoms with Crippen molar-refractivity contribution < 1.29 is 9.90 Å². The molecule has 1 rings (SSSR count). The molecule has 0 spiro atoms. The van der Waals surface area contributed by atoms with Crippen LogP contribution in [-0.2, 0) is 4.79 Å². The average molecular weight is 158 g/mol. The molecule has 1 aliphatic rings. The number of rotatable bonds is 3. The maximum atomic E-state index is 10.9. The van der Waals surface area contributed by atoms with Gasteiger partial charge in [0.2, 0.25) is 5.91 Å². The molecule has 0 aromatic carbocycles. The smallest absolute Gasteiger partial charge is 0.220 e. The molecule has 0 aromatic heterocycles. The van der Waals surface area contributed by atoms with Crippen LogP contribution < -0.4 is 5.32 Å². The highest BCUT2D eigenvalue weighted by Crippen LogP contribution is 2.08. The molecular weight excluding hydrogens is 144 g/mol. The third-order valence-corrected chi connectivity index (χ3v) is 1.92. The van der Waals surface area contributed by atoms with Crippen LogP contribution in [0.5, 0.6) is 0 Å². The molecule has 4 heteroatoms. The SMILES string of the molecule is CC(=O)N(CCO)C1CCN1. The highest BCUT2D eigenvalue weighted by atomic mass is 16.3. The first-order valence-corrected chi connectivity index (χ1v) is 3.87. The van der Waals surface area contributed by atoms with Crippen LogP contribution >= 0.6 is 0 Å². The molecule has 2 N–H and O–H groups in total. The average Bonchev–Trinajstić information content (AvgIpc) is 1.82. The van der Waals surface area contributed by atoms with E-state index in [1.807, 2.05) is 0 Å². The number of hydrogen-bond acceptors (Lipinski definition) is 3. The first kappa shape index (κ1) is 8.49. The number of carbonyl (C=O) groups excluding carboxylic acids is 1. The van der Waals surface area contributed by atoms with E-state index in [-0.39, 0.29) is 18.7 Å². The number of hydrogen-bond donors (Lipinski definition) is 2. The van der Waals surface area contributed by atoms with Gasteiger partial charge in [0.15, 0.2) is 0 Å². The molecule has 0 aliphatic carbocycles. The summed E-state index contributed by atoms with van der Waals surface area (Å²) in [5.74, 6) is 0.0243. The first-order chi connectivity index (χ1) is 5.25. The van der Waals surface area contributed by atoms with E-state index < -0.39 is 0 Å². The van der Waals surface area contributed by atoms with E-state index in [0.717, 1.165) is 13.0 Å². The van der Waals surface area contributed by atoms with E-state index in [0.29, 0.717) is 6.54 Å². The van der Waals surface area contributed by atoms with Gasteiger partial charge in [-0.15, -0.1) is 0 Å². The van der Waals surface area contributed by atoms with E-state index in [4.69, 9.17) is 5.11 Å². The Morgan fingerprint density at radius 2 is 2.45 bits per heavy atom. The van der Waals surface area contributed by atoms with Crippen LogP contribution in [0, 0.1) is 0 Å². The number of aliphatic hydroxyl groups excluding tert-OH is 1. The third kappa shape index (κ3) is 1.91. The third-order valence-electron chi connectivity index (χ3n) is 1.92. The molecule has 64 valence electrons. The molecule has 1 amide bonds. The fraction of sp³-hybridized carbons (Fsp3) is 0.857. The Balaban J connectivity index is 2.37. The van der Waals surface area contributed by atoms with E-state index in [2.05, 4.69) is 5.32 Å². The lowest BCUT2D eigenvalue weighted by atomic mass is 10.2. The molecule has 11 heavy (non-hydrogen) atoms. The van der Waals surface area contributed by atoms with Crippen LogP contribution in [0.2, 0.25) is 0 Å².